The predicted molar refractivity (Wildman–Crippen MR) is 81.7 cm³/mol. The van der Waals surface area contributed by atoms with Crippen molar-refractivity contribution in [2.45, 2.75) is 30.7 Å². The van der Waals surface area contributed by atoms with E-state index in [1.165, 1.54) is 0 Å². The van der Waals surface area contributed by atoms with Gasteiger partial charge in [0.15, 0.2) is 0 Å². The van der Waals surface area contributed by atoms with Gasteiger partial charge in [-0.05, 0) is 42.9 Å². The van der Waals surface area contributed by atoms with Crippen molar-refractivity contribution < 1.29 is 0 Å². The number of aromatic nitrogens is 1. The maximum Gasteiger partial charge on any atom is 0.0994 e. The van der Waals surface area contributed by atoms with Crippen molar-refractivity contribution in [1.82, 2.24) is 4.98 Å². The molecular weight excluding hydrogens is 288 g/mol. The zero-order chi connectivity index (χ0) is 14.1. The van der Waals surface area contributed by atoms with Crippen LogP contribution in [0.15, 0.2) is 29.3 Å². The van der Waals surface area contributed by atoms with Gasteiger partial charge in [-0.15, -0.1) is 0 Å². The molecule has 0 aliphatic heterocycles. The van der Waals surface area contributed by atoms with E-state index in [2.05, 4.69) is 11.1 Å². The second-order valence-corrected chi connectivity index (χ2v) is 5.69. The summed E-state index contributed by atoms with van der Waals surface area (Å²) in [5.41, 5.74) is 4.56. The van der Waals surface area contributed by atoms with E-state index in [-0.39, 0.29) is 0 Å². The highest BCUT2D eigenvalue weighted by atomic mass is 35.5. The molecule has 2 aromatic rings. The molecule has 0 spiro atoms. The third kappa shape index (κ3) is 2.15. The van der Waals surface area contributed by atoms with Gasteiger partial charge in [0, 0.05) is 10.6 Å². The van der Waals surface area contributed by atoms with Crippen LogP contribution in [0.4, 0.5) is 0 Å². The van der Waals surface area contributed by atoms with E-state index in [9.17, 15) is 5.26 Å². The van der Waals surface area contributed by atoms with Crippen LogP contribution in [-0.2, 0) is 25.5 Å². The normalized spacial score (nSPS) is 13.6. The molecule has 0 radical (unpaired) electrons. The van der Waals surface area contributed by atoms with Crippen LogP contribution >= 0.6 is 11.6 Å². The van der Waals surface area contributed by atoms with Gasteiger partial charge in [-0.25, -0.2) is 0 Å². The molecule has 4 heteroatoms. The summed E-state index contributed by atoms with van der Waals surface area (Å²) in [6.07, 6.45) is 4.06. The molecule has 1 aromatic heterocycles. The van der Waals surface area contributed by atoms with Gasteiger partial charge in [0.25, 0.3) is 0 Å². The Hall–Kier alpha value is -1.63. The van der Waals surface area contributed by atoms with Crippen molar-refractivity contribution in [3.8, 4) is 17.3 Å². The lowest BCUT2D eigenvalue weighted by atomic mass is 9.86. The smallest absolute Gasteiger partial charge is 0.0994 e. The first-order valence-corrected chi connectivity index (χ1v) is 7.38. The number of hydrogen-bond acceptors (Lipinski definition) is 3. The van der Waals surface area contributed by atoms with E-state index in [1.807, 2.05) is 24.3 Å². The maximum absolute atomic E-state index is 9.31. The molecule has 0 N–H and O–H groups in total. The summed E-state index contributed by atoms with van der Waals surface area (Å²) in [4.78, 5) is 4.50. The predicted octanol–water partition coefficient (Wildman–Crippen LogP) is 4.06. The second kappa shape index (κ2) is 5.40. The first-order chi connectivity index (χ1) is 9.72. The van der Waals surface area contributed by atoms with Crippen molar-refractivity contribution in [2.24, 2.45) is 0 Å². The zero-order valence-corrected chi connectivity index (χ0v) is 12.4. The first kappa shape index (κ1) is 13.4. The number of fused-ring (bicyclic) bond motifs is 1. The van der Waals surface area contributed by atoms with Crippen LogP contribution in [0, 0.1) is 11.3 Å². The van der Waals surface area contributed by atoms with Crippen LogP contribution in [0.3, 0.4) is 0 Å². The third-order valence-electron chi connectivity index (χ3n) is 3.72. The van der Waals surface area contributed by atoms with Crippen molar-refractivity contribution in [2.75, 3.05) is 0 Å². The summed E-state index contributed by atoms with van der Waals surface area (Å²) in [6, 6.07) is 9.88. The van der Waals surface area contributed by atoms with Gasteiger partial charge in [0.05, 0.1) is 17.3 Å². The maximum atomic E-state index is 9.31. The molecule has 0 saturated heterocycles. The fraction of sp³-hybridized carbons (Fsp3) is 0.250. The molecule has 0 fully saturated rings. The van der Waals surface area contributed by atoms with Crippen molar-refractivity contribution in [3.05, 3.63) is 46.0 Å². The molecule has 1 aliphatic rings. The van der Waals surface area contributed by atoms with Gasteiger partial charge in [-0.2, -0.15) is 5.26 Å². The van der Waals surface area contributed by atoms with E-state index >= 15 is 0 Å². The van der Waals surface area contributed by atoms with Gasteiger partial charge in [0.2, 0.25) is 0 Å². The highest BCUT2D eigenvalue weighted by molar-refractivity contribution is 7.58. The summed E-state index contributed by atoms with van der Waals surface area (Å²) in [5, 5.41) is 10.4. The van der Waals surface area contributed by atoms with E-state index < -0.39 is 0 Å². The van der Waals surface area contributed by atoms with Crippen molar-refractivity contribution in [3.63, 3.8) is 0 Å². The Balaban J connectivity index is 2.30. The Labute approximate surface area is 128 Å². The minimum atomic E-state index is 0.392. The van der Waals surface area contributed by atoms with Crippen LogP contribution in [0.5, 0.6) is 0 Å². The molecule has 0 saturated carbocycles. The number of pyridine rings is 1. The number of hydrogen-bond donors (Lipinski definition) is 0. The molecule has 2 nitrogen and oxygen atoms in total. The van der Waals surface area contributed by atoms with E-state index in [1.54, 1.807) is 0 Å². The molecule has 0 atom stereocenters. The molecule has 1 heterocycles. The molecule has 0 unspecified atom stereocenters. The van der Waals surface area contributed by atoms with Crippen LogP contribution in [-0.4, -0.2) is 4.98 Å². The molecule has 0 bridgehead atoms. The Kier molecular flexibility index (Phi) is 3.60. The van der Waals surface area contributed by atoms with E-state index in [0.717, 1.165) is 48.1 Å². The second-order valence-electron chi connectivity index (χ2n) is 4.90. The lowest BCUT2D eigenvalue weighted by molar-refractivity contribution is 0.678. The molecular formula is C16H12ClN2S-. The van der Waals surface area contributed by atoms with Gasteiger partial charge in [-0.1, -0.05) is 34.8 Å². The number of rotatable bonds is 1. The number of nitrogens with zero attached hydrogens (tertiary/aromatic N) is 2. The molecule has 100 valence electrons. The van der Waals surface area contributed by atoms with E-state index in [4.69, 9.17) is 24.2 Å². The largest absolute Gasteiger partial charge is 0.759 e. The fourth-order valence-corrected chi connectivity index (χ4v) is 3.27. The SMILES string of the molecule is N#Cc1c([S-])nc(-c2ccccc2Cl)c2c1CCCC2. The Morgan fingerprint density at radius 3 is 2.55 bits per heavy atom. The van der Waals surface area contributed by atoms with Crippen LogP contribution in [0.25, 0.3) is 11.3 Å². The van der Waals surface area contributed by atoms with E-state index in [0.29, 0.717) is 15.6 Å². The highest BCUT2D eigenvalue weighted by Gasteiger charge is 2.20. The van der Waals surface area contributed by atoms with Crippen molar-refractivity contribution >= 4 is 24.2 Å². The Bertz CT molecular complexity index is 719. The van der Waals surface area contributed by atoms with Gasteiger partial charge in [0.1, 0.15) is 0 Å². The number of halogens is 1. The molecule has 1 aliphatic carbocycles. The highest BCUT2D eigenvalue weighted by Crippen LogP contribution is 2.36. The Morgan fingerprint density at radius 2 is 1.85 bits per heavy atom. The van der Waals surface area contributed by atoms with Crippen molar-refractivity contribution in [1.29, 1.82) is 5.26 Å². The minimum Gasteiger partial charge on any atom is -0.759 e. The third-order valence-corrected chi connectivity index (χ3v) is 4.35. The van der Waals surface area contributed by atoms with Gasteiger partial charge in [-0.3, -0.25) is 4.98 Å². The van der Waals surface area contributed by atoms with Gasteiger partial charge >= 0.3 is 0 Å². The fourth-order valence-electron chi connectivity index (χ4n) is 2.79. The average Bonchev–Trinajstić information content (AvgIpc) is 2.47. The van der Waals surface area contributed by atoms with Crippen LogP contribution in [0.1, 0.15) is 29.5 Å². The summed E-state index contributed by atoms with van der Waals surface area (Å²) < 4.78 is 0. The number of nitriles is 1. The summed E-state index contributed by atoms with van der Waals surface area (Å²) >= 11 is 11.6. The Morgan fingerprint density at radius 1 is 1.15 bits per heavy atom. The monoisotopic (exact) mass is 299 g/mol. The minimum absolute atomic E-state index is 0.392. The summed E-state index contributed by atoms with van der Waals surface area (Å²) in [5.74, 6) is 0. The molecule has 1 aromatic carbocycles. The average molecular weight is 300 g/mol. The standard InChI is InChI=1S/C16H13ClN2S/c17-14-8-4-3-7-12(14)15-11-6-2-1-5-10(11)13(9-18)16(20)19-15/h3-4,7-8H,1-2,5-6H2,(H,19,20)/p-1. The molecule has 3 rings (SSSR count). The molecule has 20 heavy (non-hydrogen) atoms. The lowest BCUT2D eigenvalue weighted by Gasteiger charge is -2.24. The van der Waals surface area contributed by atoms with Gasteiger partial charge < -0.3 is 12.6 Å². The zero-order valence-electron chi connectivity index (χ0n) is 10.8. The number of benzene rings is 1. The lowest BCUT2D eigenvalue weighted by Crippen LogP contribution is -2.10. The van der Waals surface area contributed by atoms with Crippen LogP contribution < -0.4 is 0 Å². The topological polar surface area (TPSA) is 36.7 Å². The van der Waals surface area contributed by atoms with Crippen LogP contribution in [0.2, 0.25) is 5.02 Å². The molecule has 0 amide bonds. The first-order valence-electron chi connectivity index (χ1n) is 6.60. The summed E-state index contributed by atoms with van der Waals surface area (Å²) in [6.45, 7) is 0. The summed E-state index contributed by atoms with van der Waals surface area (Å²) in [7, 11) is 0. The quantitative estimate of drug-likeness (QED) is 0.745.